The Bertz CT molecular complexity index is 3350. The van der Waals surface area contributed by atoms with E-state index in [2.05, 4.69) is 123 Å². The molecule has 0 radical (unpaired) electrons. The lowest BCUT2D eigenvalue weighted by Crippen LogP contribution is -2.14. The van der Waals surface area contributed by atoms with Gasteiger partial charge in [0.25, 0.3) is 0 Å². The lowest BCUT2D eigenvalue weighted by molar-refractivity contribution is 0.656. The number of nitrogens with zero attached hydrogens (tertiary/aromatic N) is 2. The van der Waals surface area contributed by atoms with Gasteiger partial charge in [-0.2, -0.15) is 0 Å². The fraction of sp³-hybridized carbons (Fsp3) is 0.0638. The molecule has 6 bridgehead atoms. The minimum Gasteiger partial charge on any atom is -0.456 e. The molecule has 4 nitrogen and oxygen atoms in total. The molecule has 4 heteroatoms. The van der Waals surface area contributed by atoms with Crippen molar-refractivity contribution >= 4 is 87.5 Å². The molecule has 0 saturated heterocycles. The summed E-state index contributed by atoms with van der Waals surface area (Å²) >= 11 is 0. The van der Waals surface area contributed by atoms with Gasteiger partial charge in [-0.05, 0) is 80.6 Å². The standard InChI is InChI=1S/C47H28N2O2/c1-47(2)35-15-4-3-11-30(35)42-28(12-6-16-36(42)47)26-19-20-31-37(22-26)48-46-32-14-8-18-39-44(32)34-23-33-40(24-41(34)51-39)50-38-17-7-13-29(43(33)38)25-9-5-10-27(21-25)45(31)49-46/h3-24H,1-2H3. The third kappa shape index (κ3) is 3.53. The van der Waals surface area contributed by atoms with Crippen LogP contribution in [0.3, 0.4) is 0 Å². The van der Waals surface area contributed by atoms with Gasteiger partial charge in [0.2, 0.25) is 0 Å². The Morgan fingerprint density at radius 3 is 2.00 bits per heavy atom. The minimum atomic E-state index is -0.0747. The van der Waals surface area contributed by atoms with Crippen LogP contribution in [-0.4, -0.2) is 9.97 Å². The summed E-state index contributed by atoms with van der Waals surface area (Å²) in [5.74, 6) is 0. The van der Waals surface area contributed by atoms with Crippen LogP contribution in [-0.2, 0) is 5.41 Å². The van der Waals surface area contributed by atoms with Crippen LogP contribution in [0.15, 0.2) is 142 Å². The number of aromatic nitrogens is 2. The van der Waals surface area contributed by atoms with E-state index in [9.17, 15) is 0 Å². The molecule has 51 heavy (non-hydrogen) atoms. The Hall–Kier alpha value is -6.52. The van der Waals surface area contributed by atoms with E-state index in [1.54, 1.807) is 0 Å². The molecule has 238 valence electrons. The van der Waals surface area contributed by atoms with E-state index in [0.717, 1.165) is 87.4 Å². The summed E-state index contributed by atoms with van der Waals surface area (Å²) in [6.07, 6.45) is 0. The summed E-state index contributed by atoms with van der Waals surface area (Å²) in [5, 5.41) is 9.43. The molecule has 0 N–H and O–H groups in total. The number of furan rings is 2. The van der Waals surface area contributed by atoms with Gasteiger partial charge in [-0.1, -0.05) is 105 Å². The molecule has 4 aromatic heterocycles. The van der Waals surface area contributed by atoms with Crippen molar-refractivity contribution in [2.45, 2.75) is 19.3 Å². The van der Waals surface area contributed by atoms with Crippen molar-refractivity contribution in [3.8, 4) is 22.3 Å². The number of benzene rings is 7. The zero-order valence-corrected chi connectivity index (χ0v) is 27.9. The predicted octanol–water partition coefficient (Wildman–Crippen LogP) is 12.9. The molecular formula is C47H28N2O2. The molecule has 0 aliphatic heterocycles. The predicted molar refractivity (Wildman–Crippen MR) is 210 cm³/mol. The molecule has 0 fully saturated rings. The fourth-order valence-electron chi connectivity index (χ4n) is 9.04. The second-order valence-corrected chi connectivity index (χ2v) is 14.5. The van der Waals surface area contributed by atoms with Gasteiger partial charge < -0.3 is 8.83 Å². The van der Waals surface area contributed by atoms with Crippen molar-refractivity contribution in [1.82, 2.24) is 9.97 Å². The van der Waals surface area contributed by atoms with Crippen LogP contribution < -0.4 is 0 Å². The molecule has 0 spiro atoms. The van der Waals surface area contributed by atoms with Gasteiger partial charge in [0.05, 0.1) is 11.0 Å². The molecule has 0 saturated carbocycles. The Morgan fingerprint density at radius 2 is 1.16 bits per heavy atom. The van der Waals surface area contributed by atoms with Crippen molar-refractivity contribution in [3.05, 3.63) is 145 Å². The normalized spacial score (nSPS) is 13.8. The second-order valence-electron chi connectivity index (χ2n) is 14.5. The molecule has 1 aliphatic rings. The van der Waals surface area contributed by atoms with Crippen LogP contribution in [0.5, 0.6) is 0 Å². The molecule has 0 amide bonds. The number of rotatable bonds is 1. The Kier molecular flexibility index (Phi) is 5.02. The highest BCUT2D eigenvalue weighted by molar-refractivity contribution is 6.25. The largest absolute Gasteiger partial charge is 0.456 e. The van der Waals surface area contributed by atoms with Gasteiger partial charge in [0.15, 0.2) is 5.65 Å². The van der Waals surface area contributed by atoms with Crippen LogP contribution >= 0.6 is 0 Å². The molecule has 0 unspecified atom stereocenters. The van der Waals surface area contributed by atoms with Gasteiger partial charge in [-0.15, -0.1) is 0 Å². The van der Waals surface area contributed by atoms with Gasteiger partial charge in [-0.3, -0.25) is 0 Å². The molecule has 11 aromatic rings. The van der Waals surface area contributed by atoms with Gasteiger partial charge >= 0.3 is 0 Å². The average molecular weight is 653 g/mol. The molecular weight excluding hydrogens is 625 g/mol. The van der Waals surface area contributed by atoms with Crippen LogP contribution in [0, 0.1) is 0 Å². The van der Waals surface area contributed by atoms with Crippen LogP contribution in [0.25, 0.3) is 110 Å². The van der Waals surface area contributed by atoms with E-state index >= 15 is 0 Å². The lowest BCUT2D eigenvalue weighted by Gasteiger charge is -2.21. The van der Waals surface area contributed by atoms with Crippen LogP contribution in [0.1, 0.15) is 25.0 Å². The Labute approximate surface area is 291 Å². The van der Waals surface area contributed by atoms with E-state index in [1.165, 1.54) is 27.8 Å². The summed E-state index contributed by atoms with van der Waals surface area (Å²) in [6, 6.07) is 47.8. The summed E-state index contributed by atoms with van der Waals surface area (Å²) in [4.78, 5) is 10.8. The summed E-state index contributed by atoms with van der Waals surface area (Å²) in [6.45, 7) is 4.66. The fourth-order valence-corrected chi connectivity index (χ4v) is 9.04. The van der Waals surface area contributed by atoms with E-state index in [-0.39, 0.29) is 5.41 Å². The number of fused-ring (bicyclic) bond motifs is 12. The molecule has 4 heterocycles. The smallest absolute Gasteiger partial charge is 0.161 e. The van der Waals surface area contributed by atoms with Gasteiger partial charge in [-0.25, -0.2) is 9.97 Å². The van der Waals surface area contributed by atoms with Crippen LogP contribution in [0.2, 0.25) is 0 Å². The van der Waals surface area contributed by atoms with Crippen molar-refractivity contribution in [1.29, 1.82) is 0 Å². The summed E-state index contributed by atoms with van der Waals surface area (Å²) < 4.78 is 12.9. The van der Waals surface area contributed by atoms with E-state index in [0.29, 0.717) is 5.65 Å². The summed E-state index contributed by atoms with van der Waals surface area (Å²) in [5.41, 5.74) is 13.4. The molecule has 1 aliphatic carbocycles. The molecule has 7 aromatic carbocycles. The monoisotopic (exact) mass is 652 g/mol. The first kappa shape index (κ1) is 27.3. The molecule has 0 atom stereocenters. The Morgan fingerprint density at radius 1 is 0.471 bits per heavy atom. The summed E-state index contributed by atoms with van der Waals surface area (Å²) in [7, 11) is 0. The maximum absolute atomic E-state index is 6.50. The lowest BCUT2D eigenvalue weighted by atomic mass is 9.82. The first-order valence-corrected chi connectivity index (χ1v) is 17.5. The quantitative estimate of drug-likeness (QED) is 0.177. The minimum absolute atomic E-state index is 0.0747. The van der Waals surface area contributed by atoms with Crippen molar-refractivity contribution in [2.24, 2.45) is 0 Å². The maximum atomic E-state index is 6.50. The van der Waals surface area contributed by atoms with Gasteiger partial charge in [0, 0.05) is 49.2 Å². The third-order valence-corrected chi connectivity index (χ3v) is 11.4. The van der Waals surface area contributed by atoms with Gasteiger partial charge in [0.1, 0.15) is 22.3 Å². The zero-order valence-electron chi connectivity index (χ0n) is 27.9. The first-order chi connectivity index (χ1) is 25.0. The van der Waals surface area contributed by atoms with E-state index in [1.807, 2.05) is 24.3 Å². The first-order valence-electron chi connectivity index (χ1n) is 17.5. The number of hydrogen-bond acceptors (Lipinski definition) is 4. The second kappa shape index (κ2) is 9.38. The van der Waals surface area contributed by atoms with E-state index in [4.69, 9.17) is 18.8 Å². The third-order valence-electron chi connectivity index (χ3n) is 11.4. The highest BCUT2D eigenvalue weighted by atomic mass is 16.3. The Balaban J connectivity index is 1.26. The highest BCUT2D eigenvalue weighted by Crippen LogP contribution is 2.52. The van der Waals surface area contributed by atoms with Crippen molar-refractivity contribution < 1.29 is 8.83 Å². The molecule has 12 rings (SSSR count). The van der Waals surface area contributed by atoms with Crippen molar-refractivity contribution in [2.75, 3.05) is 0 Å². The number of hydrogen-bond donors (Lipinski definition) is 0. The highest BCUT2D eigenvalue weighted by Gasteiger charge is 2.36. The zero-order chi connectivity index (χ0) is 33.6. The topological polar surface area (TPSA) is 52.1 Å². The van der Waals surface area contributed by atoms with Crippen molar-refractivity contribution in [3.63, 3.8) is 0 Å². The SMILES string of the molecule is CC1(C)c2ccccc2-c2c(-c3ccc4c(c3)nc3nc4c4cccc(c4)c4cccc5oc6cc7oc8cccc3c8c7cc6c54)cccc21. The average Bonchev–Trinajstić information content (AvgIpc) is 3.80. The maximum Gasteiger partial charge on any atom is 0.161 e. The van der Waals surface area contributed by atoms with Crippen LogP contribution in [0.4, 0.5) is 0 Å². The van der Waals surface area contributed by atoms with E-state index < -0.39 is 0 Å².